The van der Waals surface area contributed by atoms with Crippen molar-refractivity contribution in [2.45, 2.75) is 63.9 Å². The number of aliphatic hydroxyl groups excluding tert-OH is 1. The number of ketones is 1. The first-order chi connectivity index (χ1) is 12.4. The Labute approximate surface area is 157 Å². The minimum Gasteiger partial charge on any atom is -0.389 e. The molecule has 0 heterocycles. The average Bonchev–Trinajstić information content (AvgIpc) is 2.98. The topological polar surface area (TPSA) is 66.8 Å². The predicted octanol–water partition coefficient (Wildman–Crippen LogP) is 3.11. The van der Waals surface area contributed by atoms with E-state index in [0.29, 0.717) is 30.3 Å². The van der Waals surface area contributed by atoms with Gasteiger partial charge in [-0.25, -0.2) is 0 Å². The molecule has 4 aliphatic carbocycles. The van der Waals surface area contributed by atoms with Gasteiger partial charge in [-0.05, 0) is 80.5 Å². The van der Waals surface area contributed by atoms with Gasteiger partial charge in [0.05, 0.1) is 12.2 Å². The molecule has 0 saturated heterocycles. The number of hydrogen-bond acceptors (Lipinski definition) is 4. The van der Waals surface area contributed by atoms with E-state index in [0.717, 1.165) is 44.9 Å². The number of rotatable bonds is 4. The highest BCUT2D eigenvalue weighted by Gasteiger charge is 2.57. The van der Waals surface area contributed by atoms with Gasteiger partial charge in [0.25, 0.3) is 0 Å². The third kappa shape index (κ3) is 2.80. The summed E-state index contributed by atoms with van der Waals surface area (Å²) in [7, 11) is 1.67. The lowest BCUT2D eigenvalue weighted by Gasteiger charge is -2.54. The fourth-order valence-corrected chi connectivity index (χ4v) is 7.40. The van der Waals surface area contributed by atoms with Crippen LogP contribution in [0.3, 0.4) is 0 Å². The summed E-state index contributed by atoms with van der Waals surface area (Å²) in [6, 6.07) is 0. The Bertz CT molecular complexity index is 599. The molecule has 146 valence electrons. The molecule has 0 amide bonds. The van der Waals surface area contributed by atoms with E-state index in [1.807, 2.05) is 0 Å². The van der Waals surface area contributed by atoms with E-state index >= 15 is 0 Å². The Morgan fingerprint density at radius 2 is 2.04 bits per heavy atom. The minimum absolute atomic E-state index is 0.0574. The molecular weight excluding hydrogens is 328 g/mol. The van der Waals surface area contributed by atoms with Crippen molar-refractivity contribution in [3.63, 3.8) is 0 Å². The van der Waals surface area contributed by atoms with Crippen LogP contribution in [0, 0.1) is 35.0 Å². The van der Waals surface area contributed by atoms with Crippen LogP contribution in [-0.4, -0.2) is 41.9 Å². The molecule has 0 aromatic rings. The van der Waals surface area contributed by atoms with Crippen molar-refractivity contribution >= 4 is 5.78 Å². The second kappa shape index (κ2) is 6.72. The van der Waals surface area contributed by atoms with Crippen LogP contribution in [0.2, 0.25) is 0 Å². The fraction of sp³-hybridized carbons (Fsp3) is 0.864. The van der Waals surface area contributed by atoms with E-state index in [2.05, 4.69) is 13.0 Å². The van der Waals surface area contributed by atoms with Gasteiger partial charge in [-0.15, -0.1) is 0 Å². The Morgan fingerprint density at radius 1 is 1.23 bits per heavy atom. The van der Waals surface area contributed by atoms with Gasteiger partial charge in [0.2, 0.25) is 0 Å². The van der Waals surface area contributed by atoms with Crippen molar-refractivity contribution in [1.82, 2.24) is 0 Å². The molecule has 0 aromatic heterocycles. The predicted molar refractivity (Wildman–Crippen MR) is 99.5 cm³/mol. The summed E-state index contributed by atoms with van der Waals surface area (Å²) < 4.78 is 5.26. The average molecular weight is 363 g/mol. The number of allylic oxidation sites excluding steroid dienone is 1. The van der Waals surface area contributed by atoms with Crippen molar-refractivity contribution < 1.29 is 19.7 Å². The van der Waals surface area contributed by atoms with E-state index in [4.69, 9.17) is 4.74 Å². The molecule has 3 saturated carbocycles. The Hall–Kier alpha value is -0.710. The van der Waals surface area contributed by atoms with E-state index in [9.17, 15) is 15.0 Å². The number of methoxy groups -OCH3 is 1. The van der Waals surface area contributed by atoms with Crippen LogP contribution in [-0.2, 0) is 9.53 Å². The first-order valence-corrected chi connectivity index (χ1v) is 10.5. The van der Waals surface area contributed by atoms with Gasteiger partial charge in [0.1, 0.15) is 6.61 Å². The number of carbonyl (C=O) groups excluding carboxylic acids is 1. The molecule has 7 atom stereocenters. The van der Waals surface area contributed by atoms with Crippen LogP contribution < -0.4 is 0 Å². The molecule has 4 heteroatoms. The quantitative estimate of drug-likeness (QED) is 0.754. The van der Waals surface area contributed by atoms with Crippen molar-refractivity contribution in [1.29, 1.82) is 0 Å². The molecule has 0 spiro atoms. The zero-order chi connectivity index (χ0) is 18.5. The number of hydrogen-bond donors (Lipinski definition) is 2. The maximum atomic E-state index is 12.3. The van der Waals surface area contributed by atoms with Gasteiger partial charge in [0.15, 0.2) is 5.78 Å². The minimum atomic E-state index is -0.681. The summed E-state index contributed by atoms with van der Waals surface area (Å²) in [4.78, 5) is 12.3. The second-order valence-electron chi connectivity index (χ2n) is 9.73. The van der Waals surface area contributed by atoms with Gasteiger partial charge in [-0.1, -0.05) is 18.6 Å². The molecule has 4 aliphatic rings. The molecule has 4 nitrogen and oxygen atoms in total. The number of fused-ring (bicyclic) bond motifs is 5. The van der Waals surface area contributed by atoms with Crippen LogP contribution in [0.4, 0.5) is 0 Å². The maximum Gasteiger partial charge on any atom is 0.161 e. The lowest BCUT2D eigenvalue weighted by atomic mass is 9.51. The van der Waals surface area contributed by atoms with E-state index in [1.54, 1.807) is 7.11 Å². The van der Waals surface area contributed by atoms with Crippen LogP contribution in [0.5, 0.6) is 0 Å². The standard InChI is InChI=1S/C22H34O4/c1-21-9-7-16-15-8-10-22(25,13-26-2)11-14(15)3-4-17(16)18(21)5-6-19(21)20(24)12-23/h3,15-19,23,25H,4-13H2,1-2H3/t15-,16+,17+,18-,19+,21-,22+/m0/s1. The van der Waals surface area contributed by atoms with E-state index in [-0.39, 0.29) is 23.7 Å². The van der Waals surface area contributed by atoms with E-state index < -0.39 is 5.60 Å². The summed E-state index contributed by atoms with van der Waals surface area (Å²) in [6.07, 6.45) is 10.6. The zero-order valence-electron chi connectivity index (χ0n) is 16.2. The van der Waals surface area contributed by atoms with Crippen LogP contribution >= 0.6 is 0 Å². The summed E-state index contributed by atoms with van der Waals surface area (Å²) in [5, 5.41) is 20.2. The number of Topliss-reactive ketones (excluding diaryl/α,β-unsaturated/α-hetero) is 1. The zero-order valence-corrected chi connectivity index (χ0v) is 16.2. The van der Waals surface area contributed by atoms with Gasteiger partial charge < -0.3 is 14.9 Å². The van der Waals surface area contributed by atoms with Gasteiger partial charge in [-0.2, -0.15) is 0 Å². The molecule has 0 aromatic carbocycles. The molecule has 0 unspecified atom stereocenters. The molecule has 2 N–H and O–H groups in total. The number of aliphatic hydroxyl groups is 2. The summed E-state index contributed by atoms with van der Waals surface area (Å²) in [6.45, 7) is 2.44. The molecule has 26 heavy (non-hydrogen) atoms. The lowest BCUT2D eigenvalue weighted by Crippen LogP contribution is -2.49. The normalized spacial score (nSPS) is 47.5. The summed E-state index contributed by atoms with van der Waals surface area (Å²) in [5.41, 5.74) is 0.860. The monoisotopic (exact) mass is 362 g/mol. The van der Waals surface area contributed by atoms with Crippen molar-refractivity contribution in [3.05, 3.63) is 11.6 Å². The highest BCUT2D eigenvalue weighted by molar-refractivity contribution is 5.83. The third-order valence-corrected chi connectivity index (χ3v) is 8.55. The van der Waals surface area contributed by atoms with Crippen LogP contribution in [0.15, 0.2) is 11.6 Å². The fourth-order valence-electron chi connectivity index (χ4n) is 7.40. The van der Waals surface area contributed by atoms with Gasteiger partial charge in [-0.3, -0.25) is 4.79 Å². The summed E-state index contributed by atoms with van der Waals surface area (Å²) in [5.74, 6) is 2.72. The Kier molecular flexibility index (Phi) is 4.82. The van der Waals surface area contributed by atoms with Crippen LogP contribution in [0.1, 0.15) is 58.3 Å². The summed E-state index contributed by atoms with van der Waals surface area (Å²) >= 11 is 0. The SMILES string of the molecule is COC[C@@]1(O)CC[C@H]2C(=CC[C@@H]3[C@@H]2CC[C@]2(C)[C@@H](C(=O)CO)CC[C@@H]32)C1. The maximum absolute atomic E-state index is 12.3. The number of ether oxygens (including phenoxy) is 1. The van der Waals surface area contributed by atoms with E-state index in [1.165, 1.54) is 12.0 Å². The second-order valence-corrected chi connectivity index (χ2v) is 9.73. The lowest BCUT2D eigenvalue weighted by molar-refractivity contribution is -0.132. The highest BCUT2D eigenvalue weighted by atomic mass is 16.5. The third-order valence-electron chi connectivity index (χ3n) is 8.55. The molecule has 0 radical (unpaired) electrons. The molecule has 0 aliphatic heterocycles. The van der Waals surface area contributed by atoms with Crippen molar-refractivity contribution in [2.75, 3.05) is 20.3 Å². The van der Waals surface area contributed by atoms with Gasteiger partial charge in [0, 0.05) is 13.0 Å². The van der Waals surface area contributed by atoms with Crippen LogP contribution in [0.25, 0.3) is 0 Å². The smallest absolute Gasteiger partial charge is 0.161 e. The molecular formula is C22H34O4. The van der Waals surface area contributed by atoms with Crippen molar-refractivity contribution in [2.24, 2.45) is 35.0 Å². The number of carbonyl (C=O) groups is 1. The molecule has 4 rings (SSSR count). The largest absolute Gasteiger partial charge is 0.389 e. The first kappa shape index (κ1) is 18.6. The van der Waals surface area contributed by atoms with Gasteiger partial charge >= 0.3 is 0 Å². The Morgan fingerprint density at radius 3 is 2.77 bits per heavy atom. The molecule has 3 fully saturated rings. The highest BCUT2D eigenvalue weighted by Crippen LogP contribution is 2.63. The Balaban J connectivity index is 1.55. The van der Waals surface area contributed by atoms with Crippen molar-refractivity contribution in [3.8, 4) is 0 Å². The molecule has 0 bridgehead atoms. The first-order valence-electron chi connectivity index (χ1n) is 10.5.